The molecule has 1 aliphatic carbocycles. The average Bonchev–Trinajstić information content (AvgIpc) is 3.80. The fourth-order valence-corrected chi connectivity index (χ4v) is 7.56. The third kappa shape index (κ3) is 7.15. The quantitative estimate of drug-likeness (QED) is 0.0837. The standard InChI is InChI=1S/C41H41N9O7/c1-3-19-48-38(54)30-23-42-41(46-36(30)50(48)33-17-8-24-7-16-32(51)35(24)44-33)43-25-9-11-26(12-10-25)47(2)20-5-4-6-21-57-27-13-14-28-29(22-27)40(56)49(39(28)55)31-15-18-34(52)45-37(31)53/h3,8-14,17,22-23,31-32,51H,1,4-7,15-16,18-21H2,2H3,(H,42,43,46)(H,45,52,53). The first-order valence-electron chi connectivity index (χ1n) is 19.0. The van der Waals surface area contributed by atoms with Crippen LogP contribution in [0.2, 0.25) is 0 Å². The van der Waals surface area contributed by atoms with Crippen molar-refractivity contribution < 1.29 is 29.0 Å². The van der Waals surface area contributed by atoms with E-state index < -0.39 is 35.8 Å². The molecule has 0 spiro atoms. The molecule has 0 bridgehead atoms. The van der Waals surface area contributed by atoms with E-state index in [0.717, 1.165) is 54.1 Å². The molecule has 2 atom stereocenters. The molecule has 3 N–H and O–H groups in total. The van der Waals surface area contributed by atoms with Crippen LogP contribution in [0.3, 0.4) is 0 Å². The van der Waals surface area contributed by atoms with Gasteiger partial charge in [-0.1, -0.05) is 12.1 Å². The lowest BCUT2D eigenvalue weighted by molar-refractivity contribution is -0.136. The van der Waals surface area contributed by atoms with Crippen LogP contribution < -0.4 is 25.8 Å². The Labute approximate surface area is 326 Å². The van der Waals surface area contributed by atoms with Crippen molar-refractivity contribution >= 4 is 52.0 Å². The molecule has 16 heteroatoms. The number of aromatic nitrogens is 5. The number of fused-ring (bicyclic) bond motifs is 3. The second-order valence-corrected chi connectivity index (χ2v) is 14.3. The van der Waals surface area contributed by atoms with Crippen LogP contribution >= 0.6 is 0 Å². The highest BCUT2D eigenvalue weighted by molar-refractivity contribution is 6.23. The first-order chi connectivity index (χ1) is 27.6. The zero-order valence-electron chi connectivity index (χ0n) is 31.3. The van der Waals surface area contributed by atoms with Gasteiger partial charge in [0.05, 0.1) is 36.1 Å². The second-order valence-electron chi connectivity index (χ2n) is 14.3. The third-order valence-corrected chi connectivity index (χ3v) is 10.6. The summed E-state index contributed by atoms with van der Waals surface area (Å²) >= 11 is 0. The lowest BCUT2D eigenvalue weighted by Gasteiger charge is -2.27. The number of carbonyl (C=O) groups is 4. The molecule has 5 heterocycles. The number of carbonyl (C=O) groups excluding carboxylic acids is 4. The molecular weight excluding hydrogens is 731 g/mol. The molecule has 0 saturated carbocycles. The summed E-state index contributed by atoms with van der Waals surface area (Å²) in [5.74, 6) is -0.919. The fraction of sp³-hybridized carbons (Fsp3) is 0.317. The highest BCUT2D eigenvalue weighted by Crippen LogP contribution is 2.32. The van der Waals surface area contributed by atoms with Crippen molar-refractivity contribution in [2.75, 3.05) is 30.4 Å². The van der Waals surface area contributed by atoms with Crippen molar-refractivity contribution in [3.8, 4) is 11.6 Å². The van der Waals surface area contributed by atoms with Gasteiger partial charge in [0, 0.05) is 37.6 Å². The van der Waals surface area contributed by atoms with E-state index in [2.05, 4.69) is 27.1 Å². The number of allylic oxidation sites excluding steroid dienone is 1. The summed E-state index contributed by atoms with van der Waals surface area (Å²) in [5.41, 5.74) is 3.93. The predicted molar refractivity (Wildman–Crippen MR) is 210 cm³/mol. The van der Waals surface area contributed by atoms with Gasteiger partial charge in [-0.05, 0) is 92.6 Å². The number of imide groups is 2. The maximum atomic E-state index is 13.4. The summed E-state index contributed by atoms with van der Waals surface area (Å²) in [4.78, 5) is 80.2. The maximum Gasteiger partial charge on any atom is 0.278 e. The van der Waals surface area contributed by atoms with Gasteiger partial charge in [0.25, 0.3) is 17.4 Å². The number of aliphatic hydroxyl groups excluding tert-OH is 1. The van der Waals surface area contributed by atoms with Gasteiger partial charge in [-0.25, -0.2) is 19.3 Å². The maximum absolute atomic E-state index is 13.4. The molecule has 3 aromatic heterocycles. The van der Waals surface area contributed by atoms with Crippen LogP contribution in [0.1, 0.15) is 76.6 Å². The number of nitrogens with one attached hydrogen (secondary N) is 2. The Hall–Kier alpha value is -6.68. The summed E-state index contributed by atoms with van der Waals surface area (Å²) in [6.07, 6.45) is 6.62. The molecule has 5 aromatic rings. The van der Waals surface area contributed by atoms with Crippen LogP contribution in [0.5, 0.6) is 5.75 Å². The van der Waals surface area contributed by atoms with E-state index in [9.17, 15) is 29.1 Å². The molecule has 3 aliphatic rings. The number of benzene rings is 2. The van der Waals surface area contributed by atoms with Crippen molar-refractivity contribution in [1.29, 1.82) is 0 Å². The zero-order valence-corrected chi connectivity index (χ0v) is 31.3. The minimum absolute atomic E-state index is 0.0647. The fourth-order valence-electron chi connectivity index (χ4n) is 7.56. The molecule has 16 nitrogen and oxygen atoms in total. The third-order valence-electron chi connectivity index (χ3n) is 10.6. The largest absolute Gasteiger partial charge is 0.494 e. The van der Waals surface area contributed by atoms with Gasteiger partial charge in [-0.15, -0.1) is 6.58 Å². The Morgan fingerprint density at radius 2 is 1.77 bits per heavy atom. The van der Waals surface area contributed by atoms with E-state index in [1.54, 1.807) is 22.9 Å². The lowest BCUT2D eigenvalue weighted by Crippen LogP contribution is -2.54. The van der Waals surface area contributed by atoms with E-state index in [-0.39, 0.29) is 36.1 Å². The van der Waals surface area contributed by atoms with E-state index in [4.69, 9.17) is 14.7 Å². The molecule has 1 fully saturated rings. The number of piperidine rings is 1. The van der Waals surface area contributed by atoms with Crippen LogP contribution in [0.15, 0.2) is 78.2 Å². The predicted octanol–water partition coefficient (Wildman–Crippen LogP) is 3.97. The SMILES string of the molecule is C=CCn1c(=O)c2cnc(Nc3ccc(N(C)CCCCCOc4ccc5c(c4)C(=O)N(C4CCC(=O)NC4=O)C5=O)cc3)nc2n1-c1ccc2c(n1)C(O)CC2. The summed E-state index contributed by atoms with van der Waals surface area (Å²) in [6, 6.07) is 15.4. The van der Waals surface area contributed by atoms with Crippen molar-refractivity contribution in [2.24, 2.45) is 0 Å². The number of hydrogen-bond donors (Lipinski definition) is 3. The summed E-state index contributed by atoms with van der Waals surface area (Å²) in [7, 11) is 2.02. The van der Waals surface area contributed by atoms with E-state index in [0.29, 0.717) is 47.3 Å². The minimum Gasteiger partial charge on any atom is -0.494 e. The number of ether oxygens (including phenoxy) is 1. The summed E-state index contributed by atoms with van der Waals surface area (Å²) in [5, 5.41) is 16.2. The number of nitrogens with zero attached hydrogens (tertiary/aromatic N) is 7. The number of hydrogen-bond acceptors (Lipinski definition) is 12. The van der Waals surface area contributed by atoms with E-state index in [1.165, 1.54) is 16.9 Å². The Balaban J connectivity index is 0.838. The topological polar surface area (TPSA) is 194 Å². The first kappa shape index (κ1) is 37.3. The monoisotopic (exact) mass is 771 g/mol. The molecule has 8 rings (SSSR count). The molecule has 292 valence electrons. The van der Waals surface area contributed by atoms with E-state index >= 15 is 0 Å². The summed E-state index contributed by atoms with van der Waals surface area (Å²) in [6.45, 7) is 5.28. The number of amides is 4. The van der Waals surface area contributed by atoms with Crippen LogP contribution in [-0.4, -0.2) is 84.2 Å². The highest BCUT2D eigenvalue weighted by Gasteiger charge is 2.44. The van der Waals surface area contributed by atoms with Crippen LogP contribution in [0.4, 0.5) is 17.3 Å². The number of anilines is 3. The minimum atomic E-state index is -1.01. The summed E-state index contributed by atoms with van der Waals surface area (Å²) < 4.78 is 9.06. The Morgan fingerprint density at radius 3 is 2.56 bits per heavy atom. The molecule has 0 radical (unpaired) electrons. The second kappa shape index (κ2) is 15.5. The molecule has 57 heavy (non-hydrogen) atoms. The van der Waals surface area contributed by atoms with Gasteiger partial charge in [0.1, 0.15) is 17.2 Å². The van der Waals surface area contributed by atoms with Gasteiger partial charge >= 0.3 is 0 Å². The molecule has 1 saturated heterocycles. The Bertz CT molecular complexity index is 2490. The van der Waals surface area contributed by atoms with Crippen molar-refractivity contribution in [2.45, 2.75) is 63.6 Å². The number of aryl methyl sites for hydroxylation is 1. The van der Waals surface area contributed by atoms with Gasteiger partial charge < -0.3 is 20.1 Å². The van der Waals surface area contributed by atoms with Crippen LogP contribution in [-0.2, 0) is 22.6 Å². The van der Waals surface area contributed by atoms with Gasteiger partial charge in [0.2, 0.25) is 17.8 Å². The lowest BCUT2D eigenvalue weighted by atomic mass is 10.0. The molecular formula is C41H41N9O7. The molecule has 2 unspecified atom stereocenters. The number of unbranched alkanes of at least 4 members (excludes halogenated alkanes) is 2. The van der Waals surface area contributed by atoms with E-state index in [1.807, 2.05) is 43.4 Å². The van der Waals surface area contributed by atoms with Crippen molar-refractivity contribution in [1.82, 2.24) is 34.5 Å². The van der Waals surface area contributed by atoms with Crippen molar-refractivity contribution in [3.63, 3.8) is 0 Å². The Kier molecular flexibility index (Phi) is 10.1. The number of pyridine rings is 1. The normalized spacial score (nSPS) is 17.5. The zero-order chi connectivity index (χ0) is 39.8. The van der Waals surface area contributed by atoms with Crippen LogP contribution in [0, 0.1) is 0 Å². The van der Waals surface area contributed by atoms with Gasteiger partial charge in [-0.2, -0.15) is 4.98 Å². The smallest absolute Gasteiger partial charge is 0.278 e. The molecule has 2 aliphatic heterocycles. The number of rotatable bonds is 14. The molecule has 2 aromatic carbocycles. The number of aliphatic hydroxyl groups is 1. The first-order valence-corrected chi connectivity index (χ1v) is 19.0. The molecule has 4 amide bonds. The van der Waals surface area contributed by atoms with Crippen LogP contribution in [0.25, 0.3) is 16.9 Å². The van der Waals surface area contributed by atoms with Gasteiger partial charge in [0.15, 0.2) is 11.5 Å². The Morgan fingerprint density at radius 1 is 0.965 bits per heavy atom. The van der Waals surface area contributed by atoms with Gasteiger partial charge in [-0.3, -0.25) is 34.2 Å². The average molecular weight is 772 g/mol. The van der Waals surface area contributed by atoms with Crippen molar-refractivity contribution in [3.05, 3.63) is 106 Å². The highest BCUT2D eigenvalue weighted by atomic mass is 16.5.